The monoisotopic (exact) mass is 384 g/mol. The lowest BCUT2D eigenvalue weighted by Gasteiger charge is -2.19. The maximum absolute atomic E-state index is 12.4. The van der Waals surface area contributed by atoms with Crippen LogP contribution in [0.15, 0.2) is 42.5 Å². The summed E-state index contributed by atoms with van der Waals surface area (Å²) in [4.78, 5) is 47.2. The van der Waals surface area contributed by atoms with Crippen LogP contribution in [-0.4, -0.2) is 36.7 Å². The third kappa shape index (κ3) is 3.83. The molecule has 144 valence electrons. The molecule has 1 heterocycles. The molecular formula is C19H16N2O7. The Morgan fingerprint density at radius 2 is 1.96 bits per heavy atom. The van der Waals surface area contributed by atoms with Crippen molar-refractivity contribution in [1.29, 1.82) is 0 Å². The van der Waals surface area contributed by atoms with Crippen molar-refractivity contribution in [2.75, 3.05) is 18.6 Å². The van der Waals surface area contributed by atoms with Gasteiger partial charge >= 0.3 is 5.97 Å². The largest absolute Gasteiger partial charge is 0.494 e. The molecule has 1 aliphatic heterocycles. The number of aldehydes is 1. The Bertz CT molecular complexity index is 940. The van der Waals surface area contributed by atoms with Gasteiger partial charge < -0.3 is 14.4 Å². The van der Waals surface area contributed by atoms with Crippen molar-refractivity contribution < 1.29 is 28.8 Å². The van der Waals surface area contributed by atoms with Gasteiger partial charge in [-0.2, -0.15) is 0 Å². The summed E-state index contributed by atoms with van der Waals surface area (Å²) < 4.78 is 10.5. The van der Waals surface area contributed by atoms with Crippen molar-refractivity contribution >= 4 is 29.5 Å². The van der Waals surface area contributed by atoms with Crippen molar-refractivity contribution in [2.45, 2.75) is 6.42 Å². The molecule has 0 N–H and O–H groups in total. The van der Waals surface area contributed by atoms with Crippen LogP contribution in [-0.2, 0) is 9.59 Å². The number of hydrogen-bond acceptors (Lipinski definition) is 7. The van der Waals surface area contributed by atoms with Gasteiger partial charge in [-0.3, -0.25) is 24.5 Å². The van der Waals surface area contributed by atoms with Gasteiger partial charge in [-0.05, 0) is 30.3 Å². The standard InChI is InChI=1S/C19H16N2O7/c1-27-17-9-14(21(25)26)4-7-16(17)20-10-13(8-18(20)23)19(24)28-15-5-2-12(11-22)3-6-15/h2-7,9,11,13H,8,10H2,1H3/t13-/m1/s1. The lowest BCUT2D eigenvalue weighted by atomic mass is 10.1. The third-order valence-electron chi connectivity index (χ3n) is 4.36. The van der Waals surface area contributed by atoms with Gasteiger partial charge in [-0.1, -0.05) is 0 Å². The lowest BCUT2D eigenvalue weighted by molar-refractivity contribution is -0.384. The van der Waals surface area contributed by atoms with Gasteiger partial charge in [-0.25, -0.2) is 0 Å². The van der Waals surface area contributed by atoms with Crippen LogP contribution in [0.25, 0.3) is 0 Å². The first kappa shape index (κ1) is 19.0. The number of ether oxygens (including phenoxy) is 2. The molecule has 0 aromatic heterocycles. The third-order valence-corrected chi connectivity index (χ3v) is 4.36. The quantitative estimate of drug-likeness (QED) is 0.247. The molecule has 3 rings (SSSR count). The SMILES string of the molecule is COc1cc([N+](=O)[O-])ccc1N1C[C@H](C(=O)Oc2ccc(C=O)cc2)CC1=O. The van der Waals surface area contributed by atoms with E-state index in [-0.39, 0.29) is 36.1 Å². The second-order valence-corrected chi connectivity index (χ2v) is 6.13. The summed E-state index contributed by atoms with van der Waals surface area (Å²) in [5, 5.41) is 10.9. The predicted octanol–water partition coefficient (Wildman–Crippen LogP) is 2.37. The van der Waals surface area contributed by atoms with Crippen LogP contribution in [0.1, 0.15) is 16.8 Å². The van der Waals surface area contributed by atoms with Crippen molar-refractivity contribution in [3.8, 4) is 11.5 Å². The molecule has 28 heavy (non-hydrogen) atoms. The van der Waals surface area contributed by atoms with E-state index in [4.69, 9.17) is 9.47 Å². The minimum Gasteiger partial charge on any atom is -0.494 e. The van der Waals surface area contributed by atoms with Gasteiger partial charge in [0, 0.05) is 24.6 Å². The molecule has 1 atom stereocenters. The molecule has 1 aliphatic rings. The fourth-order valence-electron chi connectivity index (χ4n) is 2.92. The number of anilines is 1. The fourth-order valence-corrected chi connectivity index (χ4v) is 2.92. The zero-order chi connectivity index (χ0) is 20.3. The van der Waals surface area contributed by atoms with Crippen molar-refractivity contribution in [3.05, 3.63) is 58.1 Å². The van der Waals surface area contributed by atoms with Gasteiger partial charge in [0.05, 0.1) is 29.7 Å². The number of nitro benzene ring substituents is 1. The number of amides is 1. The molecule has 2 aromatic carbocycles. The van der Waals surface area contributed by atoms with Gasteiger partial charge in [0.1, 0.15) is 17.8 Å². The number of esters is 1. The summed E-state index contributed by atoms with van der Waals surface area (Å²) in [6.07, 6.45) is 0.627. The maximum Gasteiger partial charge on any atom is 0.316 e. The number of non-ortho nitro benzene ring substituents is 1. The van der Waals surface area contributed by atoms with Crippen LogP contribution in [0.4, 0.5) is 11.4 Å². The summed E-state index contributed by atoms with van der Waals surface area (Å²) in [5.41, 5.74) is 0.637. The normalized spacial score (nSPS) is 16.0. The molecule has 1 fully saturated rings. The topological polar surface area (TPSA) is 116 Å². The molecule has 0 bridgehead atoms. The lowest BCUT2D eigenvalue weighted by Crippen LogP contribution is -2.27. The first-order valence-corrected chi connectivity index (χ1v) is 8.32. The molecular weight excluding hydrogens is 368 g/mol. The van der Waals surface area contributed by atoms with Crippen molar-refractivity contribution in [2.24, 2.45) is 5.92 Å². The average molecular weight is 384 g/mol. The number of nitro groups is 1. The Balaban J connectivity index is 1.74. The molecule has 1 amide bonds. The molecule has 0 spiro atoms. The number of methoxy groups -OCH3 is 1. The summed E-state index contributed by atoms with van der Waals surface area (Å²) in [7, 11) is 1.35. The minimum atomic E-state index is -0.696. The Labute approximate surface area is 159 Å². The second-order valence-electron chi connectivity index (χ2n) is 6.13. The van der Waals surface area contributed by atoms with E-state index in [2.05, 4.69) is 0 Å². The van der Waals surface area contributed by atoms with E-state index in [1.54, 1.807) is 0 Å². The number of nitrogens with zero attached hydrogens (tertiary/aromatic N) is 2. The molecule has 0 saturated carbocycles. The van der Waals surface area contributed by atoms with Gasteiger partial charge in [-0.15, -0.1) is 0 Å². The van der Waals surface area contributed by atoms with Crippen LogP contribution >= 0.6 is 0 Å². The van der Waals surface area contributed by atoms with Gasteiger partial charge in [0.25, 0.3) is 5.69 Å². The Hall–Kier alpha value is -3.75. The van der Waals surface area contributed by atoms with Crippen LogP contribution in [0.3, 0.4) is 0 Å². The van der Waals surface area contributed by atoms with E-state index < -0.39 is 16.8 Å². The molecule has 0 radical (unpaired) electrons. The Morgan fingerprint density at radius 3 is 2.57 bits per heavy atom. The first-order valence-electron chi connectivity index (χ1n) is 8.32. The van der Waals surface area contributed by atoms with Gasteiger partial charge in [0.2, 0.25) is 5.91 Å². The minimum absolute atomic E-state index is 0.0502. The highest BCUT2D eigenvalue weighted by molar-refractivity contribution is 6.01. The zero-order valence-corrected chi connectivity index (χ0v) is 14.9. The van der Waals surface area contributed by atoms with E-state index >= 15 is 0 Å². The Morgan fingerprint density at radius 1 is 1.25 bits per heavy atom. The molecule has 2 aromatic rings. The molecule has 0 unspecified atom stereocenters. The second kappa shape index (κ2) is 7.87. The van der Waals surface area contributed by atoms with Crippen molar-refractivity contribution in [3.63, 3.8) is 0 Å². The molecule has 1 saturated heterocycles. The number of carbonyl (C=O) groups is 3. The highest BCUT2D eigenvalue weighted by atomic mass is 16.6. The van der Waals surface area contributed by atoms with Crippen LogP contribution in [0.5, 0.6) is 11.5 Å². The highest BCUT2D eigenvalue weighted by Gasteiger charge is 2.37. The summed E-state index contributed by atoms with van der Waals surface area (Å²) >= 11 is 0. The van der Waals surface area contributed by atoms with Crippen molar-refractivity contribution in [1.82, 2.24) is 0 Å². The predicted molar refractivity (Wildman–Crippen MR) is 97.6 cm³/mol. The van der Waals surface area contributed by atoms with Crippen LogP contribution in [0, 0.1) is 16.0 Å². The van der Waals surface area contributed by atoms with E-state index in [0.29, 0.717) is 17.5 Å². The average Bonchev–Trinajstić information content (AvgIpc) is 3.09. The molecule has 9 nitrogen and oxygen atoms in total. The van der Waals surface area contributed by atoms with Crippen LogP contribution < -0.4 is 14.4 Å². The number of carbonyl (C=O) groups excluding carboxylic acids is 3. The van der Waals surface area contributed by atoms with Gasteiger partial charge in [0.15, 0.2) is 0 Å². The number of hydrogen-bond donors (Lipinski definition) is 0. The van der Waals surface area contributed by atoms with E-state index in [9.17, 15) is 24.5 Å². The smallest absolute Gasteiger partial charge is 0.316 e. The van der Waals surface area contributed by atoms with E-state index in [1.165, 1.54) is 54.5 Å². The van der Waals surface area contributed by atoms with E-state index in [1.807, 2.05) is 0 Å². The zero-order valence-electron chi connectivity index (χ0n) is 14.9. The summed E-state index contributed by atoms with van der Waals surface area (Å²) in [6.45, 7) is 0.0677. The van der Waals surface area contributed by atoms with E-state index in [0.717, 1.165) is 0 Å². The summed E-state index contributed by atoms with van der Waals surface area (Å²) in [5.74, 6) is -1.14. The maximum atomic E-state index is 12.4. The number of benzene rings is 2. The molecule has 0 aliphatic carbocycles. The fraction of sp³-hybridized carbons (Fsp3) is 0.211. The highest BCUT2D eigenvalue weighted by Crippen LogP contribution is 2.36. The number of rotatable bonds is 6. The summed E-state index contributed by atoms with van der Waals surface area (Å²) in [6, 6.07) is 9.94. The molecule has 9 heteroatoms. The first-order chi connectivity index (χ1) is 13.4. The van der Waals surface area contributed by atoms with Crippen LogP contribution in [0.2, 0.25) is 0 Å². The Kier molecular flexibility index (Phi) is 5.35.